The van der Waals surface area contributed by atoms with Crippen molar-refractivity contribution in [2.75, 3.05) is 33.2 Å². The zero-order valence-corrected chi connectivity index (χ0v) is 15.0. The molecule has 0 aliphatic heterocycles. The Kier molecular flexibility index (Phi) is 6.84. The van der Waals surface area contributed by atoms with Crippen molar-refractivity contribution in [3.8, 4) is 17.2 Å². The number of hydrogen-bond acceptors (Lipinski definition) is 5. The number of carbonyl (C=O) groups is 2. The zero-order chi connectivity index (χ0) is 18.9. The number of carbonyl (C=O) groups excluding carboxylic acids is 2. The molecule has 0 bridgehead atoms. The molecule has 2 aromatic rings. The fourth-order valence-electron chi connectivity index (χ4n) is 2.27. The van der Waals surface area contributed by atoms with Gasteiger partial charge in [-0.25, -0.2) is 0 Å². The second kappa shape index (κ2) is 9.31. The van der Waals surface area contributed by atoms with Crippen LogP contribution < -0.4 is 24.8 Å². The first-order valence-electron chi connectivity index (χ1n) is 8.01. The van der Waals surface area contributed by atoms with Gasteiger partial charge in [0.2, 0.25) is 0 Å². The van der Waals surface area contributed by atoms with Gasteiger partial charge in [-0.1, -0.05) is 12.1 Å². The summed E-state index contributed by atoms with van der Waals surface area (Å²) in [5, 5.41) is 5.12. The van der Waals surface area contributed by atoms with Gasteiger partial charge >= 0.3 is 11.8 Å². The summed E-state index contributed by atoms with van der Waals surface area (Å²) in [6.07, 6.45) is 0.606. The summed E-state index contributed by atoms with van der Waals surface area (Å²) in [5.41, 5.74) is 1.42. The molecule has 0 saturated carbocycles. The second-order valence-electron chi connectivity index (χ2n) is 5.37. The molecule has 0 fully saturated rings. The molecule has 0 aliphatic carbocycles. The summed E-state index contributed by atoms with van der Waals surface area (Å²) < 4.78 is 15.4. The zero-order valence-electron chi connectivity index (χ0n) is 15.0. The molecular formula is C19H22N2O5. The summed E-state index contributed by atoms with van der Waals surface area (Å²) >= 11 is 0. The van der Waals surface area contributed by atoms with Gasteiger partial charge in [-0.15, -0.1) is 0 Å². The smallest absolute Gasteiger partial charge is 0.313 e. The topological polar surface area (TPSA) is 85.9 Å². The molecule has 7 heteroatoms. The molecule has 0 atom stereocenters. The minimum Gasteiger partial charge on any atom is -0.497 e. The molecular weight excluding hydrogens is 336 g/mol. The molecule has 0 radical (unpaired) electrons. The number of anilines is 1. The Labute approximate surface area is 152 Å². The highest BCUT2D eigenvalue weighted by Crippen LogP contribution is 2.28. The van der Waals surface area contributed by atoms with Crippen LogP contribution in [-0.2, 0) is 16.0 Å². The van der Waals surface area contributed by atoms with Crippen molar-refractivity contribution in [1.82, 2.24) is 5.32 Å². The van der Waals surface area contributed by atoms with E-state index in [1.807, 2.05) is 24.3 Å². The molecule has 0 heterocycles. The van der Waals surface area contributed by atoms with Crippen molar-refractivity contribution in [1.29, 1.82) is 0 Å². The first kappa shape index (κ1) is 19.1. The molecule has 0 aromatic heterocycles. The van der Waals surface area contributed by atoms with Gasteiger partial charge in [0.25, 0.3) is 0 Å². The Morgan fingerprint density at radius 2 is 1.50 bits per heavy atom. The first-order chi connectivity index (χ1) is 12.6. The van der Waals surface area contributed by atoms with Crippen LogP contribution in [0.15, 0.2) is 42.5 Å². The van der Waals surface area contributed by atoms with Crippen LogP contribution in [0.5, 0.6) is 17.2 Å². The van der Waals surface area contributed by atoms with Gasteiger partial charge in [-0.05, 0) is 36.2 Å². The quantitative estimate of drug-likeness (QED) is 0.740. The lowest BCUT2D eigenvalue weighted by molar-refractivity contribution is -0.136. The number of methoxy groups -OCH3 is 3. The third-order valence-corrected chi connectivity index (χ3v) is 3.72. The number of hydrogen-bond donors (Lipinski definition) is 2. The Balaban J connectivity index is 1.86. The molecule has 26 heavy (non-hydrogen) atoms. The van der Waals surface area contributed by atoms with E-state index in [0.29, 0.717) is 30.2 Å². The van der Waals surface area contributed by atoms with Crippen LogP contribution in [0, 0.1) is 0 Å². The van der Waals surface area contributed by atoms with Gasteiger partial charge in [-0.2, -0.15) is 0 Å². The van der Waals surface area contributed by atoms with E-state index in [4.69, 9.17) is 14.2 Å². The van der Waals surface area contributed by atoms with E-state index >= 15 is 0 Å². The monoisotopic (exact) mass is 358 g/mol. The third kappa shape index (κ3) is 5.14. The van der Waals surface area contributed by atoms with E-state index < -0.39 is 11.8 Å². The number of rotatable bonds is 7. The third-order valence-electron chi connectivity index (χ3n) is 3.72. The summed E-state index contributed by atoms with van der Waals surface area (Å²) in [7, 11) is 4.61. The Bertz CT molecular complexity index is 759. The summed E-state index contributed by atoms with van der Waals surface area (Å²) in [4.78, 5) is 24.0. The van der Waals surface area contributed by atoms with Crippen LogP contribution in [0.4, 0.5) is 5.69 Å². The van der Waals surface area contributed by atoms with Gasteiger partial charge in [-0.3, -0.25) is 9.59 Å². The molecule has 2 amide bonds. The van der Waals surface area contributed by atoms with Gasteiger partial charge in [0.15, 0.2) is 0 Å². The second-order valence-corrected chi connectivity index (χ2v) is 5.37. The molecule has 2 N–H and O–H groups in total. The normalized spacial score (nSPS) is 9.96. The van der Waals surface area contributed by atoms with Crippen LogP contribution in [0.2, 0.25) is 0 Å². The molecule has 2 rings (SSSR count). The number of amides is 2. The van der Waals surface area contributed by atoms with E-state index in [1.54, 1.807) is 25.3 Å². The predicted octanol–water partition coefficient (Wildman–Crippen LogP) is 2.01. The van der Waals surface area contributed by atoms with E-state index in [9.17, 15) is 9.59 Å². The lowest BCUT2D eigenvalue weighted by Gasteiger charge is -2.11. The lowest BCUT2D eigenvalue weighted by Crippen LogP contribution is -2.36. The minimum atomic E-state index is -0.761. The van der Waals surface area contributed by atoms with Gasteiger partial charge in [0.05, 0.1) is 27.0 Å². The summed E-state index contributed by atoms with van der Waals surface area (Å²) in [6, 6.07) is 12.4. The van der Waals surface area contributed by atoms with Crippen molar-refractivity contribution in [3.63, 3.8) is 0 Å². The molecule has 0 spiro atoms. The highest BCUT2D eigenvalue weighted by Gasteiger charge is 2.15. The number of ether oxygens (including phenoxy) is 3. The SMILES string of the molecule is COc1ccc(CCNC(=O)C(=O)Nc2ccc(OC)cc2OC)cc1. The molecule has 7 nitrogen and oxygen atoms in total. The highest BCUT2D eigenvalue weighted by atomic mass is 16.5. The van der Waals surface area contributed by atoms with E-state index in [1.165, 1.54) is 14.2 Å². The Morgan fingerprint density at radius 1 is 0.846 bits per heavy atom. The molecule has 0 unspecified atom stereocenters. The fraction of sp³-hybridized carbons (Fsp3) is 0.263. The van der Waals surface area contributed by atoms with Crippen LogP contribution in [0.25, 0.3) is 0 Å². The maximum absolute atomic E-state index is 12.0. The molecule has 138 valence electrons. The van der Waals surface area contributed by atoms with E-state index in [0.717, 1.165) is 11.3 Å². The van der Waals surface area contributed by atoms with Crippen molar-refractivity contribution in [2.45, 2.75) is 6.42 Å². The van der Waals surface area contributed by atoms with E-state index in [-0.39, 0.29) is 0 Å². The highest BCUT2D eigenvalue weighted by molar-refractivity contribution is 6.39. The summed E-state index contributed by atoms with van der Waals surface area (Å²) in [5.74, 6) is 0.290. The predicted molar refractivity (Wildman–Crippen MR) is 97.9 cm³/mol. The standard InChI is InChI=1S/C19H22N2O5/c1-24-14-6-4-13(5-7-14)10-11-20-18(22)19(23)21-16-9-8-15(25-2)12-17(16)26-3/h4-9,12H,10-11H2,1-3H3,(H,20,22)(H,21,23). The maximum Gasteiger partial charge on any atom is 0.313 e. The molecule has 0 aliphatic rings. The molecule has 2 aromatic carbocycles. The first-order valence-corrected chi connectivity index (χ1v) is 8.01. The van der Waals surface area contributed by atoms with Crippen LogP contribution in [0.3, 0.4) is 0 Å². The average molecular weight is 358 g/mol. The average Bonchev–Trinajstić information content (AvgIpc) is 2.68. The number of nitrogens with one attached hydrogen (secondary N) is 2. The largest absolute Gasteiger partial charge is 0.497 e. The van der Waals surface area contributed by atoms with Crippen LogP contribution >= 0.6 is 0 Å². The number of benzene rings is 2. The Hall–Kier alpha value is -3.22. The van der Waals surface area contributed by atoms with Gasteiger partial charge in [0, 0.05) is 12.6 Å². The van der Waals surface area contributed by atoms with Crippen LogP contribution in [-0.4, -0.2) is 39.7 Å². The van der Waals surface area contributed by atoms with Crippen LogP contribution in [0.1, 0.15) is 5.56 Å². The minimum absolute atomic E-state index is 0.346. The van der Waals surface area contributed by atoms with Crippen molar-refractivity contribution < 1.29 is 23.8 Å². The van der Waals surface area contributed by atoms with Gasteiger partial charge < -0.3 is 24.8 Å². The lowest BCUT2D eigenvalue weighted by atomic mass is 10.1. The van der Waals surface area contributed by atoms with Crippen molar-refractivity contribution in [2.24, 2.45) is 0 Å². The Morgan fingerprint density at radius 3 is 2.12 bits per heavy atom. The van der Waals surface area contributed by atoms with Crippen molar-refractivity contribution in [3.05, 3.63) is 48.0 Å². The maximum atomic E-state index is 12.0. The fourth-order valence-corrected chi connectivity index (χ4v) is 2.27. The van der Waals surface area contributed by atoms with Gasteiger partial charge in [0.1, 0.15) is 17.2 Å². The molecule has 0 saturated heterocycles. The van der Waals surface area contributed by atoms with E-state index in [2.05, 4.69) is 10.6 Å². The summed E-state index contributed by atoms with van der Waals surface area (Å²) in [6.45, 7) is 0.346. The van der Waals surface area contributed by atoms with Crippen molar-refractivity contribution >= 4 is 17.5 Å².